The molecule has 0 spiro atoms. The Balaban J connectivity index is 2.44. The van der Waals surface area contributed by atoms with Gasteiger partial charge >= 0.3 is 0 Å². The van der Waals surface area contributed by atoms with Crippen LogP contribution in [0.2, 0.25) is 0 Å². The molecule has 2 nitrogen and oxygen atoms in total. The minimum Gasteiger partial charge on any atom is -0.496 e. The number of benzene rings is 1. The second-order valence-corrected chi connectivity index (χ2v) is 5.34. The van der Waals surface area contributed by atoms with Gasteiger partial charge in [-0.1, -0.05) is 28.4 Å². The molecular weight excluding hydrogens is 266 g/mol. The van der Waals surface area contributed by atoms with E-state index in [2.05, 4.69) is 22.0 Å². The Morgan fingerprint density at radius 2 is 2.19 bits per heavy atom. The second-order valence-electron chi connectivity index (χ2n) is 4.49. The van der Waals surface area contributed by atoms with Crippen molar-refractivity contribution in [3.63, 3.8) is 0 Å². The van der Waals surface area contributed by atoms with Crippen LogP contribution >= 0.6 is 15.9 Å². The SMILES string of the molecule is COc1cccc(Br)c1C1(CCN)CCC1. The van der Waals surface area contributed by atoms with Crippen molar-refractivity contribution in [1.82, 2.24) is 0 Å². The first-order chi connectivity index (χ1) is 7.73. The molecule has 2 N–H and O–H groups in total. The summed E-state index contributed by atoms with van der Waals surface area (Å²) in [4.78, 5) is 0. The number of ether oxygens (including phenoxy) is 1. The smallest absolute Gasteiger partial charge is 0.123 e. The standard InChI is InChI=1S/C13H18BrNO/c1-16-11-5-2-4-10(14)12(11)13(8-9-15)6-3-7-13/h2,4-5H,3,6-9,15H2,1H3. The molecule has 0 bridgehead atoms. The Labute approximate surface area is 105 Å². The second kappa shape index (κ2) is 4.76. The van der Waals surface area contributed by atoms with E-state index in [1.165, 1.54) is 24.8 Å². The molecule has 0 amide bonds. The van der Waals surface area contributed by atoms with E-state index in [-0.39, 0.29) is 5.41 Å². The summed E-state index contributed by atoms with van der Waals surface area (Å²) in [7, 11) is 1.74. The van der Waals surface area contributed by atoms with Crippen LogP contribution in [0, 0.1) is 0 Å². The van der Waals surface area contributed by atoms with Gasteiger partial charge in [0.15, 0.2) is 0 Å². The predicted molar refractivity (Wildman–Crippen MR) is 69.9 cm³/mol. The van der Waals surface area contributed by atoms with Gasteiger partial charge in [-0.25, -0.2) is 0 Å². The summed E-state index contributed by atoms with van der Waals surface area (Å²) < 4.78 is 6.64. The van der Waals surface area contributed by atoms with Crippen LogP contribution < -0.4 is 10.5 Å². The Kier molecular flexibility index (Phi) is 3.55. The molecular formula is C13H18BrNO. The van der Waals surface area contributed by atoms with Crippen molar-refractivity contribution >= 4 is 15.9 Å². The maximum atomic E-state index is 5.75. The average Bonchev–Trinajstić information content (AvgIpc) is 2.24. The average molecular weight is 284 g/mol. The highest BCUT2D eigenvalue weighted by Crippen LogP contribution is 2.51. The van der Waals surface area contributed by atoms with Crippen LogP contribution in [0.1, 0.15) is 31.2 Å². The number of halogens is 1. The van der Waals surface area contributed by atoms with Gasteiger partial charge in [-0.3, -0.25) is 0 Å². The van der Waals surface area contributed by atoms with Crippen molar-refractivity contribution in [2.24, 2.45) is 5.73 Å². The van der Waals surface area contributed by atoms with E-state index in [1.807, 2.05) is 12.1 Å². The molecule has 88 valence electrons. The van der Waals surface area contributed by atoms with Gasteiger partial charge < -0.3 is 10.5 Å². The number of hydrogen-bond acceptors (Lipinski definition) is 2. The maximum absolute atomic E-state index is 5.75. The molecule has 1 aromatic carbocycles. The highest BCUT2D eigenvalue weighted by atomic mass is 79.9. The van der Waals surface area contributed by atoms with E-state index in [4.69, 9.17) is 10.5 Å². The van der Waals surface area contributed by atoms with Gasteiger partial charge in [0.2, 0.25) is 0 Å². The quantitative estimate of drug-likeness (QED) is 0.921. The number of rotatable bonds is 4. The highest BCUT2D eigenvalue weighted by molar-refractivity contribution is 9.10. The summed E-state index contributed by atoms with van der Waals surface area (Å²) in [6, 6.07) is 6.15. The molecule has 0 saturated heterocycles. The molecule has 3 heteroatoms. The summed E-state index contributed by atoms with van der Waals surface area (Å²) in [5.74, 6) is 0.988. The molecule has 0 aromatic heterocycles. The van der Waals surface area contributed by atoms with Gasteiger partial charge in [0.25, 0.3) is 0 Å². The van der Waals surface area contributed by atoms with Crippen LogP contribution in [0.3, 0.4) is 0 Å². The summed E-state index contributed by atoms with van der Waals surface area (Å²) in [6.45, 7) is 0.741. The molecule has 2 rings (SSSR count). The topological polar surface area (TPSA) is 35.2 Å². The fraction of sp³-hybridized carbons (Fsp3) is 0.538. The molecule has 1 aromatic rings. The van der Waals surface area contributed by atoms with Crippen molar-refractivity contribution in [2.75, 3.05) is 13.7 Å². The summed E-state index contributed by atoms with van der Waals surface area (Å²) in [5, 5.41) is 0. The molecule has 1 saturated carbocycles. The Hall–Kier alpha value is -0.540. The van der Waals surface area contributed by atoms with Crippen LogP contribution in [0.4, 0.5) is 0 Å². The molecule has 0 unspecified atom stereocenters. The van der Waals surface area contributed by atoms with Crippen LogP contribution in [-0.4, -0.2) is 13.7 Å². The molecule has 0 aliphatic heterocycles. The predicted octanol–water partition coefficient (Wildman–Crippen LogP) is 3.23. The van der Waals surface area contributed by atoms with E-state index >= 15 is 0 Å². The lowest BCUT2D eigenvalue weighted by molar-refractivity contribution is 0.220. The van der Waals surface area contributed by atoms with Crippen molar-refractivity contribution in [1.29, 1.82) is 0 Å². The molecule has 0 atom stereocenters. The van der Waals surface area contributed by atoms with Crippen molar-refractivity contribution in [3.05, 3.63) is 28.2 Å². The lowest BCUT2D eigenvalue weighted by Gasteiger charge is -2.43. The third-order valence-electron chi connectivity index (χ3n) is 3.66. The van der Waals surface area contributed by atoms with E-state index in [0.29, 0.717) is 0 Å². The number of hydrogen-bond donors (Lipinski definition) is 1. The van der Waals surface area contributed by atoms with E-state index in [0.717, 1.165) is 23.2 Å². The fourth-order valence-corrected chi connectivity index (χ4v) is 3.46. The zero-order valence-electron chi connectivity index (χ0n) is 9.63. The molecule has 1 fully saturated rings. The highest BCUT2D eigenvalue weighted by Gasteiger charge is 2.41. The van der Waals surface area contributed by atoms with Crippen LogP contribution in [-0.2, 0) is 5.41 Å². The van der Waals surface area contributed by atoms with Crippen molar-refractivity contribution in [3.8, 4) is 5.75 Å². The maximum Gasteiger partial charge on any atom is 0.123 e. The van der Waals surface area contributed by atoms with Crippen LogP contribution in [0.5, 0.6) is 5.75 Å². The lowest BCUT2D eigenvalue weighted by atomic mass is 9.62. The number of nitrogens with two attached hydrogens (primary N) is 1. The van der Waals surface area contributed by atoms with Gasteiger partial charge in [-0.2, -0.15) is 0 Å². The lowest BCUT2D eigenvalue weighted by Crippen LogP contribution is -2.37. The van der Waals surface area contributed by atoms with Gasteiger partial charge in [-0.05, 0) is 37.9 Å². The Morgan fingerprint density at radius 1 is 1.44 bits per heavy atom. The minimum atomic E-state index is 0.250. The van der Waals surface area contributed by atoms with E-state index in [9.17, 15) is 0 Å². The van der Waals surface area contributed by atoms with Gasteiger partial charge in [-0.15, -0.1) is 0 Å². The summed E-state index contributed by atoms with van der Waals surface area (Å²) in [6.07, 6.45) is 4.79. The van der Waals surface area contributed by atoms with Crippen LogP contribution in [0.15, 0.2) is 22.7 Å². The molecule has 0 heterocycles. The van der Waals surface area contributed by atoms with Crippen molar-refractivity contribution in [2.45, 2.75) is 31.1 Å². The van der Waals surface area contributed by atoms with Gasteiger partial charge in [0.05, 0.1) is 7.11 Å². The first kappa shape index (κ1) is 11.9. The Bertz CT molecular complexity index is 374. The number of methoxy groups -OCH3 is 1. The van der Waals surface area contributed by atoms with Crippen LogP contribution in [0.25, 0.3) is 0 Å². The fourth-order valence-electron chi connectivity index (χ4n) is 2.69. The molecule has 16 heavy (non-hydrogen) atoms. The van der Waals surface area contributed by atoms with Gasteiger partial charge in [0, 0.05) is 15.5 Å². The van der Waals surface area contributed by atoms with Gasteiger partial charge in [0.1, 0.15) is 5.75 Å². The van der Waals surface area contributed by atoms with Crippen molar-refractivity contribution < 1.29 is 4.74 Å². The molecule has 1 aliphatic carbocycles. The van der Waals surface area contributed by atoms with E-state index < -0.39 is 0 Å². The molecule has 1 aliphatic rings. The zero-order chi connectivity index (χ0) is 11.6. The largest absolute Gasteiger partial charge is 0.496 e. The minimum absolute atomic E-state index is 0.250. The first-order valence-electron chi connectivity index (χ1n) is 5.76. The van der Waals surface area contributed by atoms with E-state index in [1.54, 1.807) is 7.11 Å². The first-order valence-corrected chi connectivity index (χ1v) is 6.56. The Morgan fingerprint density at radius 3 is 2.69 bits per heavy atom. The summed E-state index contributed by atoms with van der Waals surface area (Å²) >= 11 is 3.65. The summed E-state index contributed by atoms with van der Waals surface area (Å²) in [5.41, 5.74) is 7.31. The zero-order valence-corrected chi connectivity index (χ0v) is 11.2. The molecule has 0 radical (unpaired) electrons. The third-order valence-corrected chi connectivity index (χ3v) is 4.32. The third kappa shape index (κ3) is 1.87. The monoisotopic (exact) mass is 283 g/mol. The normalized spacial score (nSPS) is 17.9.